The van der Waals surface area contributed by atoms with Crippen molar-refractivity contribution in [3.05, 3.63) is 11.9 Å². The number of aromatic nitrogens is 2. The molecule has 5 nitrogen and oxygen atoms in total. The topological polar surface area (TPSA) is 75.9 Å². The smallest absolute Gasteiger partial charge is 0.148 e. The van der Waals surface area contributed by atoms with Gasteiger partial charge in [0.2, 0.25) is 0 Å². The molecule has 1 fully saturated rings. The zero-order valence-electron chi connectivity index (χ0n) is 11.5. The van der Waals surface area contributed by atoms with Gasteiger partial charge in [0.25, 0.3) is 0 Å². The predicted molar refractivity (Wildman–Crippen MR) is 74.4 cm³/mol. The summed E-state index contributed by atoms with van der Waals surface area (Å²) in [5.41, 5.74) is 3.88. The van der Waals surface area contributed by atoms with Gasteiger partial charge in [-0.1, -0.05) is 26.7 Å². The third kappa shape index (κ3) is 2.56. The Labute approximate surface area is 109 Å². The standard InChI is InChI=1S/C13H23N5/c1-9(2)10-11(15-8-16-12(10)18-14)17-13(3)6-4-5-7-13/h8-9H,4-7,14H2,1-3H3,(H2,15,16,17,18). The first-order valence-corrected chi connectivity index (χ1v) is 6.65. The molecule has 100 valence electrons. The molecule has 0 atom stereocenters. The number of nitrogen functional groups attached to an aromatic ring is 1. The summed E-state index contributed by atoms with van der Waals surface area (Å²) < 4.78 is 0. The number of nitrogens with two attached hydrogens (primary N) is 1. The Balaban J connectivity index is 2.32. The first-order chi connectivity index (χ1) is 8.56. The Hall–Kier alpha value is -1.36. The van der Waals surface area contributed by atoms with Crippen molar-refractivity contribution in [1.29, 1.82) is 0 Å². The Kier molecular flexibility index (Phi) is 3.71. The number of nitrogens with one attached hydrogen (secondary N) is 2. The molecule has 0 aromatic carbocycles. The van der Waals surface area contributed by atoms with Crippen LogP contribution in [-0.4, -0.2) is 15.5 Å². The fourth-order valence-corrected chi connectivity index (χ4v) is 2.72. The zero-order valence-corrected chi connectivity index (χ0v) is 11.5. The Bertz CT molecular complexity index is 410. The van der Waals surface area contributed by atoms with E-state index in [1.165, 1.54) is 25.7 Å². The fourth-order valence-electron chi connectivity index (χ4n) is 2.72. The van der Waals surface area contributed by atoms with Crippen LogP contribution in [0.4, 0.5) is 11.6 Å². The highest BCUT2D eigenvalue weighted by Crippen LogP contribution is 2.35. The van der Waals surface area contributed by atoms with Crippen LogP contribution >= 0.6 is 0 Å². The van der Waals surface area contributed by atoms with Crippen LogP contribution < -0.4 is 16.6 Å². The minimum atomic E-state index is 0.157. The second-order valence-corrected chi connectivity index (χ2v) is 5.68. The van der Waals surface area contributed by atoms with Crippen LogP contribution in [0.2, 0.25) is 0 Å². The van der Waals surface area contributed by atoms with Gasteiger partial charge in [0, 0.05) is 11.1 Å². The molecular weight excluding hydrogens is 226 g/mol. The molecular formula is C13H23N5. The largest absolute Gasteiger partial charge is 0.365 e. The number of anilines is 2. The molecule has 0 radical (unpaired) electrons. The summed E-state index contributed by atoms with van der Waals surface area (Å²) >= 11 is 0. The van der Waals surface area contributed by atoms with Crippen molar-refractivity contribution < 1.29 is 0 Å². The van der Waals surface area contributed by atoms with Crippen LogP contribution in [0.5, 0.6) is 0 Å². The summed E-state index contributed by atoms with van der Waals surface area (Å²) in [5, 5.41) is 3.60. The molecule has 0 bridgehead atoms. The average molecular weight is 249 g/mol. The number of rotatable bonds is 4. The third-order valence-corrected chi connectivity index (χ3v) is 3.73. The highest BCUT2D eigenvalue weighted by atomic mass is 15.3. The van der Waals surface area contributed by atoms with E-state index in [1.54, 1.807) is 6.33 Å². The predicted octanol–water partition coefficient (Wildman–Crippen LogP) is 2.63. The second-order valence-electron chi connectivity index (χ2n) is 5.68. The van der Waals surface area contributed by atoms with Gasteiger partial charge in [-0.05, 0) is 25.7 Å². The highest BCUT2D eigenvalue weighted by molar-refractivity contribution is 5.59. The summed E-state index contributed by atoms with van der Waals surface area (Å²) in [6.07, 6.45) is 6.52. The van der Waals surface area contributed by atoms with Crippen molar-refractivity contribution >= 4 is 11.6 Å². The van der Waals surface area contributed by atoms with Gasteiger partial charge in [0.1, 0.15) is 18.0 Å². The van der Waals surface area contributed by atoms with E-state index >= 15 is 0 Å². The summed E-state index contributed by atoms with van der Waals surface area (Å²) in [5.74, 6) is 7.48. The van der Waals surface area contributed by atoms with Gasteiger partial charge in [-0.2, -0.15) is 0 Å². The first-order valence-electron chi connectivity index (χ1n) is 6.65. The molecule has 0 aliphatic heterocycles. The second kappa shape index (κ2) is 5.10. The maximum Gasteiger partial charge on any atom is 0.148 e. The Morgan fingerprint density at radius 1 is 1.22 bits per heavy atom. The maximum absolute atomic E-state index is 5.53. The van der Waals surface area contributed by atoms with Crippen LogP contribution in [-0.2, 0) is 0 Å². The number of hydrogen-bond donors (Lipinski definition) is 3. The Morgan fingerprint density at radius 2 is 1.83 bits per heavy atom. The lowest BCUT2D eigenvalue weighted by Gasteiger charge is -2.28. The fraction of sp³-hybridized carbons (Fsp3) is 0.692. The molecule has 0 amide bonds. The lowest BCUT2D eigenvalue weighted by atomic mass is 9.98. The normalized spacial score (nSPS) is 18.1. The maximum atomic E-state index is 5.53. The lowest BCUT2D eigenvalue weighted by Crippen LogP contribution is -2.32. The van der Waals surface area contributed by atoms with Gasteiger partial charge in [-0.15, -0.1) is 0 Å². The van der Waals surface area contributed by atoms with E-state index in [0.29, 0.717) is 11.7 Å². The SMILES string of the molecule is CC(C)c1c(NN)ncnc1NC1(C)CCCC1. The van der Waals surface area contributed by atoms with E-state index in [-0.39, 0.29) is 5.54 Å². The quantitative estimate of drug-likeness (QED) is 0.565. The molecule has 0 saturated heterocycles. The van der Waals surface area contributed by atoms with Gasteiger partial charge >= 0.3 is 0 Å². The van der Waals surface area contributed by atoms with Gasteiger partial charge in [0.15, 0.2) is 0 Å². The molecule has 1 aromatic rings. The van der Waals surface area contributed by atoms with Gasteiger partial charge in [-0.25, -0.2) is 15.8 Å². The van der Waals surface area contributed by atoms with Crippen LogP contribution in [0.15, 0.2) is 6.33 Å². The van der Waals surface area contributed by atoms with Crippen molar-refractivity contribution in [3.63, 3.8) is 0 Å². The van der Waals surface area contributed by atoms with E-state index in [1.807, 2.05) is 0 Å². The van der Waals surface area contributed by atoms with Crippen molar-refractivity contribution in [1.82, 2.24) is 9.97 Å². The third-order valence-electron chi connectivity index (χ3n) is 3.73. The molecule has 18 heavy (non-hydrogen) atoms. The molecule has 4 N–H and O–H groups in total. The van der Waals surface area contributed by atoms with Gasteiger partial charge in [0.05, 0.1) is 0 Å². The van der Waals surface area contributed by atoms with Gasteiger partial charge in [-0.3, -0.25) is 0 Å². The molecule has 0 unspecified atom stereocenters. The average Bonchev–Trinajstić information content (AvgIpc) is 2.75. The summed E-state index contributed by atoms with van der Waals surface area (Å²) in [6.45, 7) is 6.52. The summed E-state index contributed by atoms with van der Waals surface area (Å²) in [7, 11) is 0. The van der Waals surface area contributed by atoms with Gasteiger partial charge < -0.3 is 10.7 Å². The molecule has 2 rings (SSSR count). The van der Waals surface area contributed by atoms with E-state index in [0.717, 1.165) is 11.4 Å². The molecule has 1 heterocycles. The molecule has 1 aromatic heterocycles. The molecule has 1 aliphatic rings. The van der Waals surface area contributed by atoms with E-state index < -0.39 is 0 Å². The minimum absolute atomic E-state index is 0.157. The summed E-state index contributed by atoms with van der Waals surface area (Å²) in [6, 6.07) is 0. The van der Waals surface area contributed by atoms with E-state index in [9.17, 15) is 0 Å². The van der Waals surface area contributed by atoms with Crippen LogP contribution in [0.25, 0.3) is 0 Å². The first kappa shape index (κ1) is 13.1. The van der Waals surface area contributed by atoms with E-state index in [4.69, 9.17) is 5.84 Å². The monoisotopic (exact) mass is 249 g/mol. The molecule has 1 aliphatic carbocycles. The molecule has 5 heteroatoms. The summed E-state index contributed by atoms with van der Waals surface area (Å²) in [4.78, 5) is 8.59. The molecule has 0 spiro atoms. The number of nitrogens with zero attached hydrogens (tertiary/aromatic N) is 2. The number of hydrogen-bond acceptors (Lipinski definition) is 5. The molecule has 1 saturated carbocycles. The van der Waals surface area contributed by atoms with Crippen molar-refractivity contribution in [2.24, 2.45) is 5.84 Å². The lowest BCUT2D eigenvalue weighted by molar-refractivity contribution is 0.529. The zero-order chi connectivity index (χ0) is 13.2. The van der Waals surface area contributed by atoms with Crippen LogP contribution in [0.1, 0.15) is 57.9 Å². The van der Waals surface area contributed by atoms with Crippen LogP contribution in [0, 0.1) is 0 Å². The van der Waals surface area contributed by atoms with E-state index in [2.05, 4.69) is 41.5 Å². The highest BCUT2D eigenvalue weighted by Gasteiger charge is 2.30. The Morgan fingerprint density at radius 3 is 2.39 bits per heavy atom. The number of hydrazine groups is 1. The van der Waals surface area contributed by atoms with Crippen molar-refractivity contribution in [2.45, 2.75) is 57.9 Å². The van der Waals surface area contributed by atoms with Crippen molar-refractivity contribution in [2.75, 3.05) is 10.7 Å². The van der Waals surface area contributed by atoms with Crippen molar-refractivity contribution in [3.8, 4) is 0 Å². The van der Waals surface area contributed by atoms with Crippen LogP contribution in [0.3, 0.4) is 0 Å². The minimum Gasteiger partial charge on any atom is -0.365 e.